The number of Topliss-reactive ketones (excluding diaryl/α,β-unsaturated/α-hetero) is 1. The second-order valence-corrected chi connectivity index (χ2v) is 3.96. The Balaban J connectivity index is 2.00. The molecule has 1 heterocycles. The van der Waals surface area contributed by atoms with E-state index in [4.69, 9.17) is 4.74 Å². The molecule has 72 valence electrons. The molecule has 1 aliphatic heterocycles. The van der Waals surface area contributed by atoms with E-state index in [-0.39, 0.29) is 12.1 Å². The summed E-state index contributed by atoms with van der Waals surface area (Å²) >= 11 is 0. The van der Waals surface area contributed by atoms with Crippen molar-refractivity contribution < 1.29 is 14.3 Å². The Kier molecular flexibility index (Phi) is 2.34. The number of rotatable bonds is 0. The van der Waals surface area contributed by atoms with E-state index in [0.29, 0.717) is 31.0 Å². The highest BCUT2D eigenvalue weighted by molar-refractivity contribution is 5.78. The van der Waals surface area contributed by atoms with Gasteiger partial charge < -0.3 is 4.74 Å². The molecule has 2 aliphatic rings. The number of carbonyl (C=O) groups excluding carboxylic acids is 2. The first kappa shape index (κ1) is 8.73. The zero-order valence-electron chi connectivity index (χ0n) is 7.62. The maximum absolute atomic E-state index is 11.2. The van der Waals surface area contributed by atoms with Crippen LogP contribution in [0.25, 0.3) is 0 Å². The van der Waals surface area contributed by atoms with Gasteiger partial charge in [0.2, 0.25) is 0 Å². The van der Waals surface area contributed by atoms with Crippen molar-refractivity contribution in [3.63, 3.8) is 0 Å². The van der Waals surface area contributed by atoms with Crippen molar-refractivity contribution in [2.75, 3.05) is 0 Å². The molecule has 2 atom stereocenters. The zero-order valence-corrected chi connectivity index (χ0v) is 7.62. The van der Waals surface area contributed by atoms with Crippen LogP contribution in [0.1, 0.15) is 38.5 Å². The van der Waals surface area contributed by atoms with E-state index < -0.39 is 0 Å². The van der Waals surface area contributed by atoms with Gasteiger partial charge in [-0.25, -0.2) is 0 Å². The Hall–Kier alpha value is -0.860. The van der Waals surface area contributed by atoms with E-state index in [1.165, 1.54) is 0 Å². The maximum atomic E-state index is 11.2. The fourth-order valence-electron chi connectivity index (χ4n) is 2.23. The van der Waals surface area contributed by atoms with Gasteiger partial charge in [0.25, 0.3) is 0 Å². The predicted molar refractivity (Wildman–Crippen MR) is 46.1 cm³/mol. The lowest BCUT2D eigenvalue weighted by Gasteiger charge is -2.19. The van der Waals surface area contributed by atoms with Gasteiger partial charge >= 0.3 is 5.97 Å². The molecule has 0 spiro atoms. The third kappa shape index (κ3) is 1.90. The van der Waals surface area contributed by atoms with Gasteiger partial charge in [-0.05, 0) is 19.3 Å². The Morgan fingerprint density at radius 2 is 2.00 bits per heavy atom. The quantitative estimate of drug-likeness (QED) is 0.532. The molecule has 0 radical (unpaired) electrons. The van der Waals surface area contributed by atoms with Crippen LogP contribution in [-0.2, 0) is 14.3 Å². The molecule has 2 rings (SSSR count). The normalized spacial score (nSPS) is 34.8. The Morgan fingerprint density at radius 3 is 2.85 bits per heavy atom. The summed E-state index contributed by atoms with van der Waals surface area (Å²) in [6.45, 7) is 0. The van der Waals surface area contributed by atoms with Gasteiger partial charge in [0, 0.05) is 18.8 Å². The summed E-state index contributed by atoms with van der Waals surface area (Å²) in [6.07, 6.45) is 4.54. The van der Waals surface area contributed by atoms with Gasteiger partial charge in [0.15, 0.2) is 0 Å². The molecule has 3 nitrogen and oxygen atoms in total. The first-order valence-electron chi connectivity index (χ1n) is 4.97. The van der Waals surface area contributed by atoms with Crippen LogP contribution in [0, 0.1) is 5.92 Å². The number of ether oxygens (including phenoxy) is 1. The van der Waals surface area contributed by atoms with Gasteiger partial charge in [-0.1, -0.05) is 0 Å². The molecule has 0 aromatic rings. The number of fused-ring (bicyclic) bond motifs is 1. The first-order chi connectivity index (χ1) is 6.25. The van der Waals surface area contributed by atoms with Crippen LogP contribution < -0.4 is 0 Å². The predicted octanol–water partition coefficient (Wildman–Crippen LogP) is 1.45. The second-order valence-electron chi connectivity index (χ2n) is 3.96. The molecule has 2 fully saturated rings. The lowest BCUT2D eigenvalue weighted by atomic mass is 9.88. The summed E-state index contributed by atoms with van der Waals surface area (Å²) in [5, 5.41) is 0. The number of carbonyl (C=O) groups is 2. The van der Waals surface area contributed by atoms with Crippen LogP contribution in [0.5, 0.6) is 0 Å². The highest BCUT2D eigenvalue weighted by atomic mass is 16.5. The van der Waals surface area contributed by atoms with E-state index in [2.05, 4.69) is 0 Å². The summed E-state index contributed by atoms with van der Waals surface area (Å²) < 4.78 is 5.16. The molecular formula is C10H14O3. The molecule has 1 aliphatic carbocycles. The standard InChI is InChI=1S/C10H14O3/c11-8-3-1-2-7-6-10(12)13-9(7)5-4-8/h7,9H,1-6H2/t7-,9+/m1/s1. The minimum Gasteiger partial charge on any atom is -0.462 e. The number of esters is 1. The number of hydrogen-bond donors (Lipinski definition) is 0. The van der Waals surface area contributed by atoms with Gasteiger partial charge in [-0.2, -0.15) is 0 Å². The van der Waals surface area contributed by atoms with Crippen molar-refractivity contribution in [2.45, 2.75) is 44.6 Å². The smallest absolute Gasteiger partial charge is 0.306 e. The number of hydrogen-bond acceptors (Lipinski definition) is 3. The Bertz CT molecular complexity index is 232. The molecule has 13 heavy (non-hydrogen) atoms. The fraction of sp³-hybridized carbons (Fsp3) is 0.800. The summed E-state index contributed by atoms with van der Waals surface area (Å²) in [6, 6.07) is 0. The van der Waals surface area contributed by atoms with Crippen molar-refractivity contribution in [1.29, 1.82) is 0 Å². The Morgan fingerprint density at radius 1 is 1.15 bits per heavy atom. The van der Waals surface area contributed by atoms with Gasteiger partial charge in [0.1, 0.15) is 11.9 Å². The topological polar surface area (TPSA) is 43.4 Å². The van der Waals surface area contributed by atoms with E-state index in [0.717, 1.165) is 19.3 Å². The summed E-state index contributed by atoms with van der Waals surface area (Å²) in [5.74, 6) is 0.631. The minimum absolute atomic E-state index is 0.0387. The lowest BCUT2D eigenvalue weighted by molar-refractivity contribution is -0.142. The number of ketones is 1. The van der Waals surface area contributed by atoms with Crippen LogP contribution in [0.3, 0.4) is 0 Å². The van der Waals surface area contributed by atoms with Crippen molar-refractivity contribution in [2.24, 2.45) is 5.92 Å². The molecule has 0 unspecified atom stereocenters. The molecule has 0 amide bonds. The highest BCUT2D eigenvalue weighted by Crippen LogP contribution is 2.31. The van der Waals surface area contributed by atoms with E-state index in [1.54, 1.807) is 0 Å². The highest BCUT2D eigenvalue weighted by Gasteiger charge is 2.35. The third-order valence-electron chi connectivity index (χ3n) is 2.98. The second kappa shape index (κ2) is 3.48. The average molecular weight is 182 g/mol. The van der Waals surface area contributed by atoms with Crippen LogP contribution in [0.15, 0.2) is 0 Å². The zero-order chi connectivity index (χ0) is 9.26. The van der Waals surface area contributed by atoms with Crippen LogP contribution in [0.2, 0.25) is 0 Å². The molecule has 1 saturated carbocycles. The molecule has 0 aromatic carbocycles. The minimum atomic E-state index is -0.0793. The van der Waals surface area contributed by atoms with Gasteiger partial charge in [-0.15, -0.1) is 0 Å². The molecule has 3 heteroatoms. The van der Waals surface area contributed by atoms with Crippen LogP contribution >= 0.6 is 0 Å². The van der Waals surface area contributed by atoms with Crippen molar-refractivity contribution in [3.05, 3.63) is 0 Å². The summed E-state index contributed by atoms with van der Waals surface area (Å²) in [5.41, 5.74) is 0. The van der Waals surface area contributed by atoms with Crippen molar-refractivity contribution in [3.8, 4) is 0 Å². The first-order valence-corrected chi connectivity index (χ1v) is 4.97. The van der Waals surface area contributed by atoms with Crippen molar-refractivity contribution in [1.82, 2.24) is 0 Å². The van der Waals surface area contributed by atoms with Gasteiger partial charge in [-0.3, -0.25) is 9.59 Å². The molecule has 0 aromatic heterocycles. The molecule has 0 N–H and O–H groups in total. The molecular weight excluding hydrogens is 168 g/mol. The summed E-state index contributed by atoms with van der Waals surface area (Å²) in [7, 11) is 0. The van der Waals surface area contributed by atoms with Gasteiger partial charge in [0.05, 0.1) is 6.42 Å². The SMILES string of the molecule is O=C1CCC[C@@H]2CC(=O)O[C@H]2CC1. The van der Waals surface area contributed by atoms with E-state index in [9.17, 15) is 9.59 Å². The molecule has 0 bridgehead atoms. The van der Waals surface area contributed by atoms with Crippen LogP contribution in [0.4, 0.5) is 0 Å². The Labute approximate surface area is 77.4 Å². The van der Waals surface area contributed by atoms with Crippen molar-refractivity contribution >= 4 is 11.8 Å². The average Bonchev–Trinajstić information content (AvgIpc) is 2.40. The van der Waals surface area contributed by atoms with Crippen LogP contribution in [-0.4, -0.2) is 17.9 Å². The molecule has 1 saturated heterocycles. The fourth-order valence-corrected chi connectivity index (χ4v) is 2.23. The summed E-state index contributed by atoms with van der Waals surface area (Å²) in [4.78, 5) is 22.2. The maximum Gasteiger partial charge on any atom is 0.306 e. The monoisotopic (exact) mass is 182 g/mol. The van der Waals surface area contributed by atoms with E-state index >= 15 is 0 Å². The van der Waals surface area contributed by atoms with E-state index in [1.807, 2.05) is 0 Å². The largest absolute Gasteiger partial charge is 0.462 e. The lowest BCUT2D eigenvalue weighted by Crippen LogP contribution is -2.20. The third-order valence-corrected chi connectivity index (χ3v) is 2.98.